The molecule has 0 radical (unpaired) electrons. The van der Waals surface area contributed by atoms with Crippen LogP contribution in [-0.2, 0) is 15.1 Å². The monoisotopic (exact) mass is 343 g/mol. The van der Waals surface area contributed by atoms with Gasteiger partial charge < -0.3 is 9.84 Å². The largest absolute Gasteiger partial charge is 0.458 e. The van der Waals surface area contributed by atoms with E-state index in [1.807, 2.05) is 17.0 Å². The molecule has 25 heavy (non-hydrogen) atoms. The molecule has 1 aliphatic heterocycles. The molecule has 132 valence electrons. The van der Waals surface area contributed by atoms with Crippen LogP contribution < -0.4 is 0 Å². The number of nitrogens with zero attached hydrogens (tertiary/aromatic N) is 1. The van der Waals surface area contributed by atoms with Crippen LogP contribution in [0.5, 0.6) is 0 Å². The smallest absolute Gasteiger partial charge is 0.348 e. The van der Waals surface area contributed by atoms with Crippen molar-refractivity contribution in [3.63, 3.8) is 0 Å². The van der Waals surface area contributed by atoms with Crippen molar-refractivity contribution >= 4 is 5.97 Å². The third kappa shape index (κ3) is 3.72. The fourth-order valence-corrected chi connectivity index (χ4v) is 3.21. The number of carbonyl (C=O) groups is 1. The Hall–Kier alpha value is -2.24. The summed E-state index contributed by atoms with van der Waals surface area (Å²) in [4.78, 5) is 14.8. The summed E-state index contributed by atoms with van der Waals surface area (Å²) in [6, 6.07) is 17.6. The third-order valence-corrected chi connectivity index (χ3v) is 4.58. The van der Waals surface area contributed by atoms with Crippen LogP contribution in [0.3, 0.4) is 0 Å². The van der Waals surface area contributed by atoms with Crippen LogP contribution in [-0.4, -0.2) is 48.4 Å². The van der Waals surface area contributed by atoms with Crippen molar-refractivity contribution in [3.8, 4) is 0 Å². The molecule has 0 bridgehead atoms. The van der Waals surface area contributed by atoms with E-state index in [1.165, 1.54) is 0 Å². The van der Waals surface area contributed by atoms with E-state index in [0.717, 1.165) is 0 Å². The van der Waals surface area contributed by atoms with E-state index >= 15 is 0 Å². The van der Waals surface area contributed by atoms with Crippen LogP contribution in [0.2, 0.25) is 0 Å². The minimum Gasteiger partial charge on any atom is -0.458 e. The number of alkyl halides is 1. The predicted octanol–water partition coefficient (Wildman–Crippen LogP) is 2.51. The fourth-order valence-electron chi connectivity index (χ4n) is 3.21. The molecule has 0 saturated carbocycles. The van der Waals surface area contributed by atoms with Crippen LogP contribution >= 0.6 is 0 Å². The second kappa shape index (κ2) is 7.76. The molecule has 1 N–H and O–H groups in total. The number of hydrogen-bond donors (Lipinski definition) is 1. The highest BCUT2D eigenvalue weighted by atomic mass is 19.1. The Balaban J connectivity index is 1.84. The van der Waals surface area contributed by atoms with E-state index in [2.05, 4.69) is 0 Å². The van der Waals surface area contributed by atoms with Gasteiger partial charge in [0.15, 0.2) is 0 Å². The molecular formula is C20H22FNO3. The Bertz CT molecular complexity index is 653. The lowest BCUT2D eigenvalue weighted by molar-refractivity contribution is -0.167. The van der Waals surface area contributed by atoms with Crippen LogP contribution in [0, 0.1) is 0 Å². The number of ether oxygens (including phenoxy) is 1. The van der Waals surface area contributed by atoms with E-state index in [-0.39, 0.29) is 6.10 Å². The highest BCUT2D eigenvalue weighted by Crippen LogP contribution is 2.32. The first kappa shape index (κ1) is 17.6. The second-order valence-electron chi connectivity index (χ2n) is 6.25. The first-order valence-electron chi connectivity index (χ1n) is 8.47. The molecule has 0 unspecified atom stereocenters. The van der Waals surface area contributed by atoms with Gasteiger partial charge in [-0.1, -0.05) is 60.7 Å². The van der Waals surface area contributed by atoms with Gasteiger partial charge in [-0.3, -0.25) is 4.90 Å². The van der Waals surface area contributed by atoms with Gasteiger partial charge in [-0.25, -0.2) is 9.18 Å². The van der Waals surface area contributed by atoms with Crippen molar-refractivity contribution in [3.05, 3.63) is 71.8 Å². The molecule has 0 aliphatic carbocycles. The summed E-state index contributed by atoms with van der Waals surface area (Å²) < 4.78 is 18.1. The fraction of sp³-hybridized carbons (Fsp3) is 0.350. The molecule has 1 atom stereocenters. The SMILES string of the molecule is O=C(O[C@@H]1CCN(CCF)C1)C(O)(c1ccccc1)c1ccccc1. The topological polar surface area (TPSA) is 49.8 Å². The van der Waals surface area contributed by atoms with Crippen LogP contribution in [0.4, 0.5) is 4.39 Å². The summed E-state index contributed by atoms with van der Waals surface area (Å²) in [6.07, 6.45) is 0.309. The van der Waals surface area contributed by atoms with Crippen molar-refractivity contribution in [1.82, 2.24) is 4.90 Å². The molecule has 2 aromatic carbocycles. The lowest BCUT2D eigenvalue weighted by Crippen LogP contribution is -2.41. The number of hydrogen-bond acceptors (Lipinski definition) is 4. The number of carbonyl (C=O) groups excluding carboxylic acids is 1. The summed E-state index contributed by atoms with van der Waals surface area (Å²) in [5.41, 5.74) is -0.939. The van der Waals surface area contributed by atoms with Gasteiger partial charge in [-0.15, -0.1) is 0 Å². The third-order valence-electron chi connectivity index (χ3n) is 4.58. The summed E-state index contributed by atoms with van der Waals surface area (Å²) in [5.74, 6) is -0.697. The summed E-state index contributed by atoms with van der Waals surface area (Å²) in [5, 5.41) is 11.3. The molecule has 0 aromatic heterocycles. The first-order valence-corrected chi connectivity index (χ1v) is 8.47. The van der Waals surface area contributed by atoms with Crippen molar-refractivity contribution in [2.24, 2.45) is 0 Å². The van der Waals surface area contributed by atoms with Crippen LogP contribution in [0.1, 0.15) is 17.5 Å². The number of likely N-dealkylation sites (tertiary alicyclic amines) is 1. The quantitative estimate of drug-likeness (QED) is 0.819. The van der Waals surface area contributed by atoms with E-state index in [4.69, 9.17) is 4.74 Å². The van der Waals surface area contributed by atoms with Crippen molar-refractivity contribution in [2.75, 3.05) is 26.3 Å². The Morgan fingerprint density at radius 3 is 2.20 bits per heavy atom. The van der Waals surface area contributed by atoms with Crippen LogP contribution in [0.15, 0.2) is 60.7 Å². The zero-order chi connectivity index (χ0) is 17.7. The van der Waals surface area contributed by atoms with Crippen LogP contribution in [0.25, 0.3) is 0 Å². The molecule has 0 spiro atoms. The van der Waals surface area contributed by atoms with Gasteiger partial charge in [0.2, 0.25) is 5.60 Å². The standard InChI is InChI=1S/C20H22FNO3/c21-12-14-22-13-11-18(15-22)25-19(23)20(24,16-7-3-1-4-8-16)17-9-5-2-6-10-17/h1-10,18,24H,11-15H2/t18-/m1/s1. The molecule has 4 nitrogen and oxygen atoms in total. The van der Waals surface area contributed by atoms with Gasteiger partial charge in [0, 0.05) is 19.6 Å². The van der Waals surface area contributed by atoms with Gasteiger partial charge >= 0.3 is 5.97 Å². The zero-order valence-corrected chi connectivity index (χ0v) is 14.0. The Kier molecular flexibility index (Phi) is 5.46. The maximum Gasteiger partial charge on any atom is 0.348 e. The summed E-state index contributed by atoms with van der Waals surface area (Å²) >= 11 is 0. The lowest BCUT2D eigenvalue weighted by Gasteiger charge is -2.28. The van der Waals surface area contributed by atoms with Gasteiger partial charge in [-0.05, 0) is 17.5 Å². The van der Waals surface area contributed by atoms with Crippen molar-refractivity contribution < 1.29 is 19.0 Å². The number of benzene rings is 2. The summed E-state index contributed by atoms with van der Waals surface area (Å²) in [7, 11) is 0. The number of halogens is 1. The van der Waals surface area contributed by atoms with Crippen molar-refractivity contribution in [2.45, 2.75) is 18.1 Å². The maximum atomic E-state index is 12.9. The molecule has 5 heteroatoms. The highest BCUT2D eigenvalue weighted by Gasteiger charge is 2.43. The van der Waals surface area contributed by atoms with Gasteiger partial charge in [0.05, 0.1) is 0 Å². The van der Waals surface area contributed by atoms with E-state index in [1.54, 1.807) is 48.5 Å². The predicted molar refractivity (Wildman–Crippen MR) is 92.8 cm³/mol. The Labute approximate surface area is 146 Å². The van der Waals surface area contributed by atoms with Crippen molar-refractivity contribution in [1.29, 1.82) is 0 Å². The average Bonchev–Trinajstić information content (AvgIpc) is 3.09. The Morgan fingerprint density at radius 2 is 1.68 bits per heavy atom. The highest BCUT2D eigenvalue weighted by molar-refractivity contribution is 5.85. The number of rotatable bonds is 6. The Morgan fingerprint density at radius 1 is 1.12 bits per heavy atom. The summed E-state index contributed by atoms with van der Waals surface area (Å²) in [6.45, 7) is 1.11. The minimum absolute atomic E-state index is 0.335. The van der Waals surface area contributed by atoms with Gasteiger partial charge in [-0.2, -0.15) is 0 Å². The first-order chi connectivity index (χ1) is 12.1. The molecule has 1 heterocycles. The number of aliphatic hydroxyl groups is 1. The molecule has 1 saturated heterocycles. The molecule has 1 fully saturated rings. The normalized spacial score (nSPS) is 18.2. The molecule has 3 rings (SSSR count). The molecule has 1 aliphatic rings. The van der Waals surface area contributed by atoms with Gasteiger partial charge in [0.25, 0.3) is 0 Å². The molecule has 2 aromatic rings. The molecule has 0 amide bonds. The zero-order valence-electron chi connectivity index (χ0n) is 14.0. The lowest BCUT2D eigenvalue weighted by atomic mass is 9.86. The van der Waals surface area contributed by atoms with E-state index in [9.17, 15) is 14.3 Å². The molecular weight excluding hydrogens is 321 g/mol. The maximum absolute atomic E-state index is 12.9. The minimum atomic E-state index is -1.87. The average molecular weight is 343 g/mol. The number of esters is 1. The van der Waals surface area contributed by atoms with E-state index in [0.29, 0.717) is 37.2 Å². The van der Waals surface area contributed by atoms with E-state index < -0.39 is 18.2 Å². The second-order valence-corrected chi connectivity index (χ2v) is 6.25. The van der Waals surface area contributed by atoms with Gasteiger partial charge in [0.1, 0.15) is 12.8 Å².